The minimum absolute atomic E-state index is 0.131. The van der Waals surface area contributed by atoms with E-state index < -0.39 is 0 Å². The molecule has 0 fully saturated rings. The van der Waals surface area contributed by atoms with Crippen LogP contribution in [-0.4, -0.2) is 30.6 Å². The van der Waals surface area contributed by atoms with Gasteiger partial charge >= 0.3 is 6.03 Å². The van der Waals surface area contributed by atoms with Crippen molar-refractivity contribution in [3.8, 4) is 0 Å². The van der Waals surface area contributed by atoms with E-state index in [1.54, 1.807) is 0 Å². The SMILES string of the molecule is CC(CNC(=O)NCc1ccccc1)N(C)Cc1ccccc1. The lowest BCUT2D eigenvalue weighted by atomic mass is 10.2. The Hall–Kier alpha value is -2.33. The fraction of sp³-hybridized carbons (Fsp3) is 0.316. The van der Waals surface area contributed by atoms with E-state index in [0.29, 0.717) is 13.1 Å². The molecule has 2 amide bonds. The maximum Gasteiger partial charge on any atom is 0.315 e. The van der Waals surface area contributed by atoms with Crippen LogP contribution in [0.25, 0.3) is 0 Å². The highest BCUT2D eigenvalue weighted by Gasteiger charge is 2.11. The molecule has 0 saturated carbocycles. The molecule has 1 atom stereocenters. The number of hydrogen-bond donors (Lipinski definition) is 2. The molecule has 2 aromatic carbocycles. The monoisotopic (exact) mass is 311 g/mol. The van der Waals surface area contributed by atoms with Gasteiger partial charge in [0.05, 0.1) is 0 Å². The van der Waals surface area contributed by atoms with Gasteiger partial charge in [0.25, 0.3) is 0 Å². The van der Waals surface area contributed by atoms with Crippen LogP contribution in [0.2, 0.25) is 0 Å². The van der Waals surface area contributed by atoms with Crippen molar-refractivity contribution in [1.29, 1.82) is 0 Å². The van der Waals surface area contributed by atoms with E-state index in [1.165, 1.54) is 5.56 Å². The van der Waals surface area contributed by atoms with E-state index in [-0.39, 0.29) is 12.1 Å². The predicted molar refractivity (Wildman–Crippen MR) is 94.1 cm³/mol. The summed E-state index contributed by atoms with van der Waals surface area (Å²) in [5.41, 5.74) is 2.37. The van der Waals surface area contributed by atoms with E-state index in [2.05, 4.69) is 41.6 Å². The number of amides is 2. The zero-order chi connectivity index (χ0) is 16.5. The Balaban J connectivity index is 1.68. The lowest BCUT2D eigenvalue weighted by Crippen LogP contribution is -2.43. The summed E-state index contributed by atoms with van der Waals surface area (Å²) in [5.74, 6) is 0. The second-order valence-electron chi connectivity index (χ2n) is 5.80. The van der Waals surface area contributed by atoms with Crippen LogP contribution in [0.1, 0.15) is 18.1 Å². The van der Waals surface area contributed by atoms with Crippen molar-refractivity contribution in [3.63, 3.8) is 0 Å². The number of nitrogens with one attached hydrogen (secondary N) is 2. The molecule has 0 saturated heterocycles. The second-order valence-corrected chi connectivity index (χ2v) is 5.80. The summed E-state index contributed by atoms with van der Waals surface area (Å²) in [6.45, 7) is 4.14. The molecule has 0 aliphatic rings. The molecule has 0 heterocycles. The Morgan fingerprint density at radius 3 is 2.13 bits per heavy atom. The molecule has 0 bridgehead atoms. The zero-order valence-corrected chi connectivity index (χ0v) is 13.8. The van der Waals surface area contributed by atoms with E-state index in [1.807, 2.05) is 48.5 Å². The van der Waals surface area contributed by atoms with Crippen LogP contribution in [0.5, 0.6) is 0 Å². The van der Waals surface area contributed by atoms with Gasteiger partial charge < -0.3 is 10.6 Å². The standard InChI is InChI=1S/C19H25N3O/c1-16(22(2)15-18-11-7-4-8-12-18)13-20-19(23)21-14-17-9-5-3-6-10-17/h3-12,16H,13-15H2,1-2H3,(H2,20,21,23). The Kier molecular flexibility index (Phi) is 6.63. The van der Waals surface area contributed by atoms with Crippen molar-refractivity contribution in [2.75, 3.05) is 13.6 Å². The Labute approximate surface area is 138 Å². The van der Waals surface area contributed by atoms with Crippen molar-refractivity contribution in [2.45, 2.75) is 26.1 Å². The highest BCUT2D eigenvalue weighted by Crippen LogP contribution is 2.05. The van der Waals surface area contributed by atoms with Crippen molar-refractivity contribution < 1.29 is 4.79 Å². The van der Waals surface area contributed by atoms with Gasteiger partial charge in [0, 0.05) is 25.7 Å². The van der Waals surface area contributed by atoms with Crippen LogP contribution in [0, 0.1) is 0 Å². The smallest absolute Gasteiger partial charge is 0.315 e. The Bertz CT molecular complexity index is 586. The fourth-order valence-electron chi connectivity index (χ4n) is 2.26. The predicted octanol–water partition coefficient (Wildman–Crippen LogP) is 3.01. The van der Waals surface area contributed by atoms with Crippen molar-refractivity contribution in [2.24, 2.45) is 0 Å². The van der Waals surface area contributed by atoms with E-state index in [4.69, 9.17) is 0 Å². The summed E-state index contributed by atoms with van der Waals surface area (Å²) in [6.07, 6.45) is 0. The molecule has 4 nitrogen and oxygen atoms in total. The molecular weight excluding hydrogens is 286 g/mol. The number of likely N-dealkylation sites (N-methyl/N-ethyl adjacent to an activating group) is 1. The summed E-state index contributed by atoms with van der Waals surface area (Å²) in [5, 5.41) is 5.80. The third-order valence-electron chi connectivity index (χ3n) is 3.88. The van der Waals surface area contributed by atoms with Crippen molar-refractivity contribution in [3.05, 3.63) is 71.8 Å². The zero-order valence-electron chi connectivity index (χ0n) is 13.8. The number of carbonyl (C=O) groups excluding carboxylic acids is 1. The van der Waals surface area contributed by atoms with E-state index in [0.717, 1.165) is 12.1 Å². The van der Waals surface area contributed by atoms with Crippen molar-refractivity contribution in [1.82, 2.24) is 15.5 Å². The molecule has 4 heteroatoms. The molecule has 2 aromatic rings. The number of rotatable bonds is 7. The topological polar surface area (TPSA) is 44.4 Å². The number of carbonyl (C=O) groups is 1. The average molecular weight is 311 g/mol. The first-order chi connectivity index (χ1) is 11.1. The van der Waals surface area contributed by atoms with Gasteiger partial charge in [-0.1, -0.05) is 60.7 Å². The first kappa shape index (κ1) is 17.0. The molecule has 1 unspecified atom stereocenters. The molecule has 0 radical (unpaired) electrons. The molecular formula is C19H25N3O. The summed E-state index contributed by atoms with van der Waals surface area (Å²) in [4.78, 5) is 14.1. The second kappa shape index (κ2) is 8.96. The summed E-state index contributed by atoms with van der Waals surface area (Å²) >= 11 is 0. The quantitative estimate of drug-likeness (QED) is 0.825. The largest absolute Gasteiger partial charge is 0.337 e. The molecule has 2 rings (SSSR count). The van der Waals surface area contributed by atoms with Crippen LogP contribution in [-0.2, 0) is 13.1 Å². The highest BCUT2D eigenvalue weighted by molar-refractivity contribution is 5.73. The fourth-order valence-corrected chi connectivity index (χ4v) is 2.26. The van der Waals surface area contributed by atoms with E-state index >= 15 is 0 Å². The molecule has 0 spiro atoms. The molecule has 23 heavy (non-hydrogen) atoms. The molecule has 0 aliphatic carbocycles. The molecule has 0 aromatic heterocycles. The van der Waals surface area contributed by atoms with Crippen molar-refractivity contribution >= 4 is 6.03 Å². The van der Waals surface area contributed by atoms with Gasteiger partial charge in [0.2, 0.25) is 0 Å². The minimum Gasteiger partial charge on any atom is -0.337 e. The average Bonchev–Trinajstić information content (AvgIpc) is 2.59. The lowest BCUT2D eigenvalue weighted by molar-refractivity contribution is 0.223. The highest BCUT2D eigenvalue weighted by atomic mass is 16.2. The molecule has 122 valence electrons. The minimum atomic E-state index is -0.131. The number of nitrogens with zero attached hydrogens (tertiary/aromatic N) is 1. The summed E-state index contributed by atoms with van der Waals surface area (Å²) in [6, 6.07) is 20.4. The maximum absolute atomic E-state index is 11.9. The summed E-state index contributed by atoms with van der Waals surface area (Å²) < 4.78 is 0. The van der Waals surface area contributed by atoms with E-state index in [9.17, 15) is 4.79 Å². The maximum atomic E-state index is 11.9. The molecule has 0 aliphatic heterocycles. The van der Waals surface area contributed by atoms with Gasteiger partial charge in [-0.25, -0.2) is 4.79 Å². The van der Waals surface area contributed by atoms with Gasteiger partial charge in [-0.2, -0.15) is 0 Å². The van der Waals surface area contributed by atoms with Gasteiger partial charge in [0.15, 0.2) is 0 Å². The van der Waals surface area contributed by atoms with Gasteiger partial charge in [0.1, 0.15) is 0 Å². The normalized spacial score (nSPS) is 12.0. The van der Waals surface area contributed by atoms with Crippen LogP contribution in [0.3, 0.4) is 0 Å². The van der Waals surface area contributed by atoms with Gasteiger partial charge in [-0.05, 0) is 25.1 Å². The Morgan fingerprint density at radius 1 is 0.957 bits per heavy atom. The third kappa shape index (κ3) is 6.12. The third-order valence-corrected chi connectivity index (χ3v) is 3.88. The number of urea groups is 1. The Morgan fingerprint density at radius 2 is 1.52 bits per heavy atom. The number of hydrogen-bond acceptors (Lipinski definition) is 2. The lowest BCUT2D eigenvalue weighted by Gasteiger charge is -2.25. The first-order valence-corrected chi connectivity index (χ1v) is 7.95. The molecule has 2 N–H and O–H groups in total. The number of benzene rings is 2. The summed E-state index contributed by atoms with van der Waals surface area (Å²) in [7, 11) is 2.07. The van der Waals surface area contributed by atoms with Crippen LogP contribution in [0.4, 0.5) is 4.79 Å². The van der Waals surface area contributed by atoms with Crippen LogP contribution >= 0.6 is 0 Å². The first-order valence-electron chi connectivity index (χ1n) is 7.95. The van der Waals surface area contributed by atoms with Crippen LogP contribution < -0.4 is 10.6 Å². The van der Waals surface area contributed by atoms with Gasteiger partial charge in [-0.15, -0.1) is 0 Å². The van der Waals surface area contributed by atoms with Crippen LogP contribution in [0.15, 0.2) is 60.7 Å². The van der Waals surface area contributed by atoms with Gasteiger partial charge in [-0.3, -0.25) is 4.90 Å².